The summed E-state index contributed by atoms with van der Waals surface area (Å²) >= 11 is 0. The molecule has 0 aromatic heterocycles. The lowest BCUT2D eigenvalue weighted by Crippen LogP contribution is -2.61. The number of nitrogens with zero attached hydrogens (tertiary/aromatic N) is 1. The van der Waals surface area contributed by atoms with Gasteiger partial charge >= 0.3 is 0 Å². The van der Waals surface area contributed by atoms with Crippen LogP contribution in [0.25, 0.3) is 6.08 Å². The molecule has 1 fully saturated rings. The average Bonchev–Trinajstić information content (AvgIpc) is 2.56. The number of piperazine rings is 1. The van der Waals surface area contributed by atoms with Crippen LogP contribution in [0.2, 0.25) is 0 Å². The molecule has 1 saturated heterocycles. The molecule has 2 atom stereocenters. The van der Waals surface area contributed by atoms with Crippen molar-refractivity contribution in [3.05, 3.63) is 53.6 Å². The fourth-order valence-electron chi connectivity index (χ4n) is 2.96. The molecule has 2 amide bonds. The molecule has 0 bridgehead atoms. The molecule has 26 heavy (non-hydrogen) atoms. The van der Waals surface area contributed by atoms with E-state index in [1.54, 1.807) is 0 Å². The Kier molecular flexibility index (Phi) is 6.66. The first kappa shape index (κ1) is 19.8. The van der Waals surface area contributed by atoms with Crippen molar-refractivity contribution in [3.63, 3.8) is 0 Å². The minimum absolute atomic E-state index is 0.117. The van der Waals surface area contributed by atoms with Gasteiger partial charge in [0.2, 0.25) is 11.8 Å². The van der Waals surface area contributed by atoms with Gasteiger partial charge in [-0.3, -0.25) is 9.59 Å². The number of nitrogens with one attached hydrogen (secondary N) is 1. The zero-order valence-corrected chi connectivity index (χ0v) is 15.2. The Bertz CT molecular complexity index is 729. The monoisotopic (exact) mass is 362 g/mol. The largest absolute Gasteiger partial charge is 0.346 e. The molecule has 0 aliphatic carbocycles. The second kappa shape index (κ2) is 8.74. The summed E-state index contributed by atoms with van der Waals surface area (Å²) in [7, 11) is 0. The van der Waals surface area contributed by atoms with Crippen molar-refractivity contribution in [3.8, 4) is 0 Å². The third kappa shape index (κ3) is 5.00. The van der Waals surface area contributed by atoms with Gasteiger partial charge in [0.1, 0.15) is 17.7 Å². The number of allylic oxidation sites excluding steroid dienone is 1. The molecule has 1 aromatic rings. The highest BCUT2D eigenvalue weighted by Gasteiger charge is 2.35. The quantitative estimate of drug-likeness (QED) is 0.645. The first-order valence-corrected chi connectivity index (χ1v) is 8.68. The number of rotatable bonds is 5. The van der Waals surface area contributed by atoms with E-state index >= 15 is 0 Å². The lowest BCUT2D eigenvalue weighted by Gasteiger charge is -2.38. The second-order valence-electron chi connectivity index (χ2n) is 6.78. The lowest BCUT2D eigenvalue weighted by molar-refractivity contribution is -0.141. The number of carbonyl (C=O) groups excluding carboxylic acids is 2. The van der Waals surface area contributed by atoms with Crippen molar-refractivity contribution in [2.24, 2.45) is 5.92 Å². The molecular weight excluding hydrogens is 338 g/mol. The van der Waals surface area contributed by atoms with Gasteiger partial charge in [0.05, 0.1) is 6.04 Å². The van der Waals surface area contributed by atoms with E-state index in [9.17, 15) is 18.4 Å². The third-order valence-corrected chi connectivity index (χ3v) is 4.17. The molecule has 2 rings (SSSR count). The topological polar surface area (TPSA) is 49.4 Å². The molecule has 1 aliphatic heterocycles. The summed E-state index contributed by atoms with van der Waals surface area (Å²) < 4.78 is 26.7. The van der Waals surface area contributed by atoms with Gasteiger partial charge in [-0.15, -0.1) is 0 Å². The van der Waals surface area contributed by atoms with Gasteiger partial charge in [0.15, 0.2) is 0 Å². The fourth-order valence-corrected chi connectivity index (χ4v) is 2.96. The summed E-state index contributed by atoms with van der Waals surface area (Å²) in [6.45, 7) is 6.16. The molecule has 1 aliphatic rings. The van der Waals surface area contributed by atoms with Crippen LogP contribution in [0.3, 0.4) is 0 Å². The van der Waals surface area contributed by atoms with E-state index in [2.05, 4.69) is 5.32 Å². The first-order valence-electron chi connectivity index (χ1n) is 8.68. The molecule has 0 spiro atoms. The van der Waals surface area contributed by atoms with Crippen LogP contribution in [-0.4, -0.2) is 35.3 Å². The van der Waals surface area contributed by atoms with Crippen molar-refractivity contribution in [1.29, 1.82) is 0 Å². The zero-order valence-electron chi connectivity index (χ0n) is 15.2. The minimum atomic E-state index is -0.740. The van der Waals surface area contributed by atoms with Gasteiger partial charge in [-0.1, -0.05) is 26.0 Å². The van der Waals surface area contributed by atoms with E-state index in [4.69, 9.17) is 0 Å². The third-order valence-electron chi connectivity index (χ3n) is 4.17. The Morgan fingerprint density at radius 2 is 2.12 bits per heavy atom. The van der Waals surface area contributed by atoms with Crippen molar-refractivity contribution in [2.75, 3.05) is 6.54 Å². The van der Waals surface area contributed by atoms with Crippen LogP contribution in [-0.2, 0) is 9.59 Å². The van der Waals surface area contributed by atoms with E-state index < -0.39 is 17.7 Å². The van der Waals surface area contributed by atoms with Crippen LogP contribution < -0.4 is 5.32 Å². The van der Waals surface area contributed by atoms with Crippen LogP contribution in [0, 0.1) is 17.6 Å². The predicted molar refractivity (Wildman–Crippen MR) is 97.1 cm³/mol. The Morgan fingerprint density at radius 1 is 1.38 bits per heavy atom. The van der Waals surface area contributed by atoms with Crippen molar-refractivity contribution in [2.45, 2.75) is 39.3 Å². The highest BCUT2D eigenvalue weighted by molar-refractivity contribution is 5.96. The lowest BCUT2D eigenvalue weighted by atomic mass is 9.98. The van der Waals surface area contributed by atoms with Crippen LogP contribution in [0.5, 0.6) is 0 Å². The zero-order chi connectivity index (χ0) is 19.3. The van der Waals surface area contributed by atoms with E-state index in [-0.39, 0.29) is 29.3 Å². The Balaban J connectivity index is 2.22. The molecule has 6 heteroatoms. The fraction of sp³-hybridized carbons (Fsp3) is 0.400. The average molecular weight is 362 g/mol. The van der Waals surface area contributed by atoms with Crippen molar-refractivity contribution >= 4 is 17.9 Å². The number of hydrogen-bond acceptors (Lipinski definition) is 2. The SMILES string of the molecule is CC=C[C@H]1CN(C(=O)C=Cc2ccc(F)cc2F)C(CC(C)C)C(=O)N1. The number of hydrogen-bond donors (Lipinski definition) is 1. The number of halogens is 2. The smallest absolute Gasteiger partial charge is 0.247 e. The van der Waals surface area contributed by atoms with Crippen LogP contribution in [0.15, 0.2) is 36.4 Å². The summed E-state index contributed by atoms with van der Waals surface area (Å²) in [4.78, 5) is 26.6. The molecule has 1 N–H and O–H groups in total. The minimum Gasteiger partial charge on any atom is -0.346 e. The molecule has 140 valence electrons. The number of benzene rings is 1. The molecule has 0 saturated carbocycles. The van der Waals surface area contributed by atoms with Crippen LogP contribution in [0.4, 0.5) is 8.78 Å². The molecule has 4 nitrogen and oxygen atoms in total. The first-order chi connectivity index (χ1) is 12.3. The summed E-state index contributed by atoms with van der Waals surface area (Å²) in [6.07, 6.45) is 6.72. The van der Waals surface area contributed by atoms with Gasteiger partial charge in [0.25, 0.3) is 0 Å². The Labute approximate surface area is 152 Å². The van der Waals surface area contributed by atoms with E-state index in [0.29, 0.717) is 13.0 Å². The number of amides is 2. The molecule has 1 unspecified atom stereocenters. The van der Waals surface area contributed by atoms with Gasteiger partial charge < -0.3 is 10.2 Å². The van der Waals surface area contributed by atoms with Crippen molar-refractivity contribution in [1.82, 2.24) is 10.2 Å². The summed E-state index contributed by atoms with van der Waals surface area (Å²) in [5, 5.41) is 2.90. The van der Waals surface area contributed by atoms with Gasteiger partial charge in [0, 0.05) is 24.3 Å². The molecule has 0 radical (unpaired) electrons. The molecular formula is C20H24F2N2O2. The summed E-state index contributed by atoms with van der Waals surface area (Å²) in [6, 6.07) is 2.35. The maximum absolute atomic E-state index is 13.7. The Hall–Kier alpha value is -2.50. The normalized spacial score (nSPS) is 21.0. The van der Waals surface area contributed by atoms with E-state index in [0.717, 1.165) is 12.1 Å². The highest BCUT2D eigenvalue weighted by atomic mass is 19.1. The van der Waals surface area contributed by atoms with Gasteiger partial charge in [-0.05, 0) is 37.5 Å². The number of carbonyl (C=O) groups is 2. The Morgan fingerprint density at radius 3 is 2.73 bits per heavy atom. The standard InChI is InChI=1S/C20H24F2N2O2/c1-4-5-16-12-24(18(10-13(2)3)20(26)23-16)19(25)9-7-14-6-8-15(21)11-17(14)22/h4-9,11,13,16,18H,10,12H2,1-3H3,(H,23,26)/t16-,18?/m0/s1. The van der Waals surface area contributed by atoms with Crippen LogP contribution >= 0.6 is 0 Å². The molecule has 1 aromatic carbocycles. The summed E-state index contributed by atoms with van der Waals surface area (Å²) in [5.74, 6) is -1.75. The second-order valence-corrected chi connectivity index (χ2v) is 6.78. The van der Waals surface area contributed by atoms with Gasteiger partial charge in [-0.2, -0.15) is 0 Å². The van der Waals surface area contributed by atoms with E-state index in [1.165, 1.54) is 23.1 Å². The van der Waals surface area contributed by atoms with Crippen molar-refractivity contribution < 1.29 is 18.4 Å². The van der Waals surface area contributed by atoms with Crippen LogP contribution in [0.1, 0.15) is 32.8 Å². The molecule has 1 heterocycles. The maximum atomic E-state index is 13.7. The maximum Gasteiger partial charge on any atom is 0.247 e. The highest BCUT2D eigenvalue weighted by Crippen LogP contribution is 2.18. The van der Waals surface area contributed by atoms with E-state index in [1.807, 2.05) is 32.9 Å². The van der Waals surface area contributed by atoms with Gasteiger partial charge in [-0.25, -0.2) is 8.78 Å². The predicted octanol–water partition coefficient (Wildman–Crippen LogP) is 3.30. The summed E-state index contributed by atoms with van der Waals surface area (Å²) in [5.41, 5.74) is 0.117.